The maximum absolute atomic E-state index is 14.1. The summed E-state index contributed by atoms with van der Waals surface area (Å²) in [5.41, 5.74) is 1.09. The highest BCUT2D eigenvalue weighted by molar-refractivity contribution is 5.33. The Bertz CT molecular complexity index is 584. The Kier molecular flexibility index (Phi) is 4.69. The molecule has 2 rings (SSSR count). The largest absolute Gasteiger partial charge is 0.494 e. The summed E-state index contributed by atoms with van der Waals surface area (Å²) >= 11 is 0. The Hall–Kier alpha value is -1.94. The fourth-order valence-electron chi connectivity index (χ4n) is 2.19. The molecule has 4 heteroatoms. The van der Waals surface area contributed by atoms with Crippen LogP contribution in [0, 0.1) is 11.6 Å². The zero-order valence-corrected chi connectivity index (χ0v) is 11.1. The standard InChI is InChI=1S/C16H16F2O2/c1-20-15-7-3-5-12(16(15)18)8-13(10-19)11-4-2-6-14(17)9-11/h2-7,9,13,19H,8,10H2,1H3. The van der Waals surface area contributed by atoms with Crippen LogP contribution in [-0.2, 0) is 6.42 Å². The number of ether oxygens (including phenoxy) is 1. The van der Waals surface area contributed by atoms with E-state index in [1.165, 1.54) is 25.3 Å². The summed E-state index contributed by atoms with van der Waals surface area (Å²) in [6.07, 6.45) is 0.281. The molecule has 2 nitrogen and oxygen atoms in total. The molecule has 0 aromatic heterocycles. The molecule has 0 saturated heterocycles. The molecule has 0 aliphatic rings. The van der Waals surface area contributed by atoms with Gasteiger partial charge >= 0.3 is 0 Å². The summed E-state index contributed by atoms with van der Waals surface area (Å²) in [5, 5.41) is 9.47. The Morgan fingerprint density at radius 3 is 2.55 bits per heavy atom. The van der Waals surface area contributed by atoms with Crippen LogP contribution in [0.4, 0.5) is 8.78 Å². The van der Waals surface area contributed by atoms with Crippen molar-refractivity contribution in [2.75, 3.05) is 13.7 Å². The van der Waals surface area contributed by atoms with Crippen molar-refractivity contribution in [2.45, 2.75) is 12.3 Å². The molecule has 1 N–H and O–H groups in total. The quantitative estimate of drug-likeness (QED) is 0.909. The molecule has 0 saturated carbocycles. The molecule has 0 heterocycles. The predicted molar refractivity (Wildman–Crippen MR) is 72.9 cm³/mol. The van der Waals surface area contributed by atoms with Crippen molar-refractivity contribution in [3.8, 4) is 5.75 Å². The van der Waals surface area contributed by atoms with Crippen molar-refractivity contribution >= 4 is 0 Å². The molecule has 0 radical (unpaired) electrons. The van der Waals surface area contributed by atoms with Crippen LogP contribution < -0.4 is 4.74 Å². The maximum Gasteiger partial charge on any atom is 0.168 e. The van der Waals surface area contributed by atoms with E-state index in [1.807, 2.05) is 0 Å². The first-order valence-electron chi connectivity index (χ1n) is 6.33. The normalized spacial score (nSPS) is 12.2. The number of aliphatic hydroxyl groups is 1. The lowest BCUT2D eigenvalue weighted by Crippen LogP contribution is -2.09. The van der Waals surface area contributed by atoms with Gasteiger partial charge in [-0.25, -0.2) is 8.78 Å². The summed E-state index contributed by atoms with van der Waals surface area (Å²) in [6, 6.07) is 10.9. The Labute approximate surface area is 116 Å². The topological polar surface area (TPSA) is 29.5 Å². The third-order valence-corrected chi connectivity index (χ3v) is 3.27. The van der Waals surface area contributed by atoms with Gasteiger partial charge in [-0.2, -0.15) is 0 Å². The van der Waals surface area contributed by atoms with Gasteiger partial charge in [0.25, 0.3) is 0 Å². The van der Waals surface area contributed by atoms with Gasteiger partial charge in [0.1, 0.15) is 5.82 Å². The van der Waals surface area contributed by atoms with Crippen molar-refractivity contribution in [3.63, 3.8) is 0 Å². The molecule has 0 aliphatic heterocycles. The minimum Gasteiger partial charge on any atom is -0.494 e. The minimum absolute atomic E-state index is 0.165. The number of halogens is 2. The van der Waals surface area contributed by atoms with Gasteiger partial charge in [-0.05, 0) is 35.7 Å². The van der Waals surface area contributed by atoms with E-state index in [9.17, 15) is 13.9 Å². The van der Waals surface area contributed by atoms with Gasteiger partial charge in [0.2, 0.25) is 0 Å². The first-order chi connectivity index (χ1) is 9.65. The van der Waals surface area contributed by atoms with Gasteiger partial charge in [0.15, 0.2) is 11.6 Å². The second-order valence-corrected chi connectivity index (χ2v) is 4.57. The fraction of sp³-hybridized carbons (Fsp3) is 0.250. The van der Waals surface area contributed by atoms with Crippen LogP contribution >= 0.6 is 0 Å². The first kappa shape index (κ1) is 14.5. The molecular formula is C16H16F2O2. The molecule has 2 aromatic rings. The SMILES string of the molecule is COc1cccc(CC(CO)c2cccc(F)c2)c1F. The third kappa shape index (κ3) is 3.14. The van der Waals surface area contributed by atoms with Crippen molar-refractivity contribution in [1.29, 1.82) is 0 Å². The molecule has 20 heavy (non-hydrogen) atoms. The summed E-state index contributed by atoms with van der Waals surface area (Å²) in [7, 11) is 1.40. The number of methoxy groups -OCH3 is 1. The first-order valence-corrected chi connectivity index (χ1v) is 6.33. The average Bonchev–Trinajstić information content (AvgIpc) is 2.46. The number of rotatable bonds is 5. The van der Waals surface area contributed by atoms with Crippen molar-refractivity contribution < 1.29 is 18.6 Å². The van der Waals surface area contributed by atoms with Gasteiger partial charge in [-0.1, -0.05) is 24.3 Å². The third-order valence-electron chi connectivity index (χ3n) is 3.27. The van der Waals surface area contributed by atoms with E-state index in [0.29, 0.717) is 11.1 Å². The monoisotopic (exact) mass is 278 g/mol. The second-order valence-electron chi connectivity index (χ2n) is 4.57. The van der Waals surface area contributed by atoms with Crippen LogP contribution in [0.15, 0.2) is 42.5 Å². The number of hydrogen-bond donors (Lipinski definition) is 1. The Balaban J connectivity index is 2.27. The lowest BCUT2D eigenvalue weighted by Gasteiger charge is -2.16. The van der Waals surface area contributed by atoms with E-state index >= 15 is 0 Å². The van der Waals surface area contributed by atoms with Gasteiger partial charge < -0.3 is 9.84 Å². The number of aliphatic hydroxyl groups excluding tert-OH is 1. The summed E-state index contributed by atoms with van der Waals surface area (Å²) in [4.78, 5) is 0. The predicted octanol–water partition coefficient (Wildman–Crippen LogP) is 3.29. The minimum atomic E-state index is -0.440. The van der Waals surface area contributed by atoms with Crippen molar-refractivity contribution in [1.82, 2.24) is 0 Å². The van der Waals surface area contributed by atoms with Crippen LogP contribution in [0.1, 0.15) is 17.0 Å². The second kappa shape index (κ2) is 6.48. The van der Waals surface area contributed by atoms with Crippen molar-refractivity contribution in [3.05, 3.63) is 65.2 Å². The number of benzene rings is 2. The molecule has 0 aliphatic carbocycles. The van der Waals surface area contributed by atoms with Gasteiger partial charge in [-0.3, -0.25) is 0 Å². The lowest BCUT2D eigenvalue weighted by atomic mass is 9.92. The van der Waals surface area contributed by atoms with Crippen LogP contribution in [0.3, 0.4) is 0 Å². The van der Waals surface area contributed by atoms with E-state index in [0.717, 1.165) is 0 Å². The summed E-state index contributed by atoms with van der Waals surface area (Å²) < 4.78 is 32.2. The van der Waals surface area contributed by atoms with Crippen LogP contribution in [0.2, 0.25) is 0 Å². The van der Waals surface area contributed by atoms with E-state index in [-0.39, 0.29) is 30.5 Å². The molecule has 0 amide bonds. The number of hydrogen-bond acceptors (Lipinski definition) is 2. The molecule has 2 aromatic carbocycles. The van der Waals surface area contributed by atoms with E-state index in [2.05, 4.69) is 0 Å². The van der Waals surface area contributed by atoms with Crippen LogP contribution in [0.25, 0.3) is 0 Å². The highest BCUT2D eigenvalue weighted by Gasteiger charge is 2.16. The Morgan fingerprint density at radius 1 is 1.15 bits per heavy atom. The van der Waals surface area contributed by atoms with Gasteiger partial charge in [0, 0.05) is 5.92 Å². The highest BCUT2D eigenvalue weighted by atomic mass is 19.1. The smallest absolute Gasteiger partial charge is 0.168 e. The molecule has 1 unspecified atom stereocenters. The molecule has 1 atom stereocenters. The molecular weight excluding hydrogens is 262 g/mol. The van der Waals surface area contributed by atoms with Crippen LogP contribution in [-0.4, -0.2) is 18.8 Å². The molecule has 0 fully saturated rings. The van der Waals surface area contributed by atoms with Crippen LogP contribution in [0.5, 0.6) is 5.75 Å². The van der Waals surface area contributed by atoms with E-state index in [1.54, 1.807) is 24.3 Å². The molecule has 106 valence electrons. The zero-order valence-electron chi connectivity index (χ0n) is 11.1. The Morgan fingerprint density at radius 2 is 1.90 bits per heavy atom. The molecule has 0 bridgehead atoms. The summed E-state index contributed by atoms with van der Waals surface area (Å²) in [6.45, 7) is -0.180. The highest BCUT2D eigenvalue weighted by Crippen LogP contribution is 2.26. The fourth-order valence-corrected chi connectivity index (χ4v) is 2.19. The van der Waals surface area contributed by atoms with E-state index in [4.69, 9.17) is 4.74 Å². The van der Waals surface area contributed by atoms with Gasteiger partial charge in [0.05, 0.1) is 13.7 Å². The lowest BCUT2D eigenvalue weighted by molar-refractivity contribution is 0.263. The average molecular weight is 278 g/mol. The van der Waals surface area contributed by atoms with Gasteiger partial charge in [-0.15, -0.1) is 0 Å². The molecule has 0 spiro atoms. The summed E-state index contributed by atoms with van der Waals surface area (Å²) in [5.74, 6) is -0.998. The maximum atomic E-state index is 14.1. The zero-order chi connectivity index (χ0) is 14.5. The van der Waals surface area contributed by atoms with E-state index < -0.39 is 5.82 Å². The van der Waals surface area contributed by atoms with Crippen molar-refractivity contribution in [2.24, 2.45) is 0 Å².